The van der Waals surface area contributed by atoms with Crippen molar-refractivity contribution in [3.05, 3.63) is 93.7 Å². The van der Waals surface area contributed by atoms with Crippen LogP contribution in [0, 0.1) is 12.7 Å². The van der Waals surface area contributed by atoms with Crippen LogP contribution in [0.15, 0.2) is 71.6 Å². The van der Waals surface area contributed by atoms with Crippen molar-refractivity contribution in [2.75, 3.05) is 10.8 Å². The molecule has 0 aromatic heterocycles. The molecule has 0 bridgehead atoms. The van der Waals surface area contributed by atoms with E-state index in [-0.39, 0.29) is 34.1 Å². The SMILES string of the molecule is CC[C@H](C)NC(=O)[C@H](C)N(Cc1ccc(Cl)c(Cl)c1)C(=O)CN(c1ccc(C)cc1)S(=O)(=O)c1ccc(F)cc1. The van der Waals surface area contributed by atoms with Gasteiger partial charge in [-0.2, -0.15) is 0 Å². The van der Waals surface area contributed by atoms with E-state index in [9.17, 15) is 22.4 Å². The molecule has 11 heteroatoms. The lowest BCUT2D eigenvalue weighted by molar-refractivity contribution is -0.139. The Labute approximate surface area is 244 Å². The van der Waals surface area contributed by atoms with Gasteiger partial charge >= 0.3 is 0 Å². The molecule has 0 aliphatic carbocycles. The normalized spacial score (nSPS) is 12.9. The Morgan fingerprint density at radius 3 is 2.15 bits per heavy atom. The van der Waals surface area contributed by atoms with Gasteiger partial charge in [0, 0.05) is 12.6 Å². The van der Waals surface area contributed by atoms with Crippen LogP contribution in [0.2, 0.25) is 10.0 Å². The molecule has 2 atom stereocenters. The third-order valence-corrected chi connectivity index (χ3v) is 9.03. The van der Waals surface area contributed by atoms with E-state index >= 15 is 0 Å². The summed E-state index contributed by atoms with van der Waals surface area (Å²) in [7, 11) is -4.29. The number of rotatable bonds is 11. The molecule has 40 heavy (non-hydrogen) atoms. The lowest BCUT2D eigenvalue weighted by Gasteiger charge is -2.32. The molecule has 3 rings (SSSR count). The number of aryl methyl sites for hydroxylation is 1. The summed E-state index contributed by atoms with van der Waals surface area (Å²) in [6, 6.07) is 14.8. The van der Waals surface area contributed by atoms with Gasteiger partial charge in [-0.05, 0) is 81.3 Å². The Bertz CT molecular complexity index is 1450. The standard InChI is InChI=1S/C29H32Cl2FN3O4S/c1-5-20(3)33-29(37)21(4)34(17-22-8-15-26(30)27(31)16-22)28(36)18-35(24-11-6-19(2)7-12-24)40(38,39)25-13-9-23(32)10-14-25/h6-16,20-21H,5,17-18H2,1-4H3,(H,33,37)/t20-,21-/m0/s1. The first kappa shape index (κ1) is 31.4. The fourth-order valence-electron chi connectivity index (χ4n) is 3.86. The summed E-state index contributed by atoms with van der Waals surface area (Å²) in [6.07, 6.45) is 0.691. The molecule has 3 aromatic carbocycles. The number of hydrogen-bond acceptors (Lipinski definition) is 4. The molecule has 0 aliphatic heterocycles. The van der Waals surface area contributed by atoms with Gasteiger partial charge in [-0.3, -0.25) is 13.9 Å². The van der Waals surface area contributed by atoms with Crippen LogP contribution in [0.25, 0.3) is 0 Å². The number of carbonyl (C=O) groups excluding carboxylic acids is 2. The van der Waals surface area contributed by atoms with Crippen LogP contribution in [0.4, 0.5) is 10.1 Å². The van der Waals surface area contributed by atoms with Crippen molar-refractivity contribution < 1.29 is 22.4 Å². The van der Waals surface area contributed by atoms with Gasteiger partial charge < -0.3 is 10.2 Å². The summed E-state index contributed by atoms with van der Waals surface area (Å²) in [4.78, 5) is 28.1. The van der Waals surface area contributed by atoms with E-state index in [0.717, 1.165) is 34.1 Å². The van der Waals surface area contributed by atoms with Crippen LogP contribution in [-0.2, 0) is 26.2 Å². The lowest BCUT2D eigenvalue weighted by Crippen LogP contribution is -2.52. The summed E-state index contributed by atoms with van der Waals surface area (Å²) in [6.45, 7) is 6.58. The molecule has 3 aromatic rings. The number of sulfonamides is 1. The van der Waals surface area contributed by atoms with E-state index in [1.165, 1.54) is 4.90 Å². The molecule has 2 amide bonds. The number of nitrogens with one attached hydrogen (secondary N) is 1. The van der Waals surface area contributed by atoms with E-state index in [1.807, 2.05) is 20.8 Å². The fraction of sp³-hybridized carbons (Fsp3) is 0.310. The lowest BCUT2D eigenvalue weighted by atomic mass is 10.1. The maximum absolute atomic E-state index is 13.9. The van der Waals surface area contributed by atoms with Gasteiger partial charge in [0.2, 0.25) is 11.8 Å². The van der Waals surface area contributed by atoms with Crippen molar-refractivity contribution in [2.24, 2.45) is 0 Å². The second kappa shape index (κ2) is 13.5. The van der Waals surface area contributed by atoms with Gasteiger partial charge in [0.15, 0.2) is 0 Å². The number of hydrogen-bond donors (Lipinski definition) is 1. The maximum Gasteiger partial charge on any atom is 0.264 e. The van der Waals surface area contributed by atoms with Crippen LogP contribution in [0.5, 0.6) is 0 Å². The molecular weight excluding hydrogens is 576 g/mol. The number of benzene rings is 3. The largest absolute Gasteiger partial charge is 0.352 e. The van der Waals surface area contributed by atoms with Crippen LogP contribution < -0.4 is 9.62 Å². The van der Waals surface area contributed by atoms with Crippen molar-refractivity contribution in [1.29, 1.82) is 0 Å². The molecule has 0 saturated heterocycles. The molecule has 0 aliphatic rings. The van der Waals surface area contributed by atoms with Gasteiger partial charge in [0.25, 0.3) is 10.0 Å². The second-order valence-corrected chi connectivity index (χ2v) is 12.2. The highest BCUT2D eigenvalue weighted by atomic mass is 35.5. The van der Waals surface area contributed by atoms with Gasteiger partial charge in [-0.25, -0.2) is 12.8 Å². The molecule has 0 fully saturated rings. The van der Waals surface area contributed by atoms with Gasteiger partial charge in [-0.15, -0.1) is 0 Å². The second-order valence-electron chi connectivity index (χ2n) is 9.57. The topological polar surface area (TPSA) is 86.8 Å². The Morgan fingerprint density at radius 1 is 0.950 bits per heavy atom. The summed E-state index contributed by atoms with van der Waals surface area (Å²) >= 11 is 12.3. The third-order valence-electron chi connectivity index (χ3n) is 6.51. The molecule has 1 N–H and O–H groups in total. The predicted octanol–water partition coefficient (Wildman–Crippen LogP) is 5.97. The number of halogens is 3. The van der Waals surface area contributed by atoms with Crippen molar-refractivity contribution in [2.45, 2.75) is 57.6 Å². The molecule has 0 heterocycles. The van der Waals surface area contributed by atoms with Gasteiger partial charge in [0.1, 0.15) is 18.4 Å². The average molecular weight is 609 g/mol. The minimum atomic E-state index is -4.29. The van der Waals surface area contributed by atoms with Crippen molar-refractivity contribution in [1.82, 2.24) is 10.2 Å². The molecule has 0 radical (unpaired) electrons. The van der Waals surface area contributed by atoms with E-state index in [1.54, 1.807) is 49.4 Å². The number of anilines is 1. The Hall–Kier alpha value is -3.14. The molecule has 0 unspecified atom stereocenters. The van der Waals surface area contributed by atoms with Gasteiger partial charge in [0.05, 0.1) is 20.6 Å². The van der Waals surface area contributed by atoms with Crippen molar-refractivity contribution >= 4 is 50.7 Å². The quantitative estimate of drug-likeness (QED) is 0.291. The molecule has 7 nitrogen and oxygen atoms in total. The zero-order valence-corrected chi connectivity index (χ0v) is 25.0. The van der Waals surface area contributed by atoms with E-state index < -0.39 is 34.3 Å². The van der Waals surface area contributed by atoms with Gasteiger partial charge in [-0.1, -0.05) is 53.9 Å². The van der Waals surface area contributed by atoms with E-state index in [0.29, 0.717) is 17.0 Å². The minimum absolute atomic E-state index is 0.0247. The Kier molecular flexibility index (Phi) is 10.6. The predicted molar refractivity (Wildman–Crippen MR) is 156 cm³/mol. The molecule has 0 saturated carbocycles. The zero-order chi connectivity index (χ0) is 29.6. The van der Waals surface area contributed by atoms with Crippen LogP contribution in [0.1, 0.15) is 38.3 Å². The average Bonchev–Trinajstić information content (AvgIpc) is 2.92. The van der Waals surface area contributed by atoms with E-state index in [2.05, 4.69) is 5.32 Å². The summed E-state index contributed by atoms with van der Waals surface area (Å²) in [5, 5.41) is 3.49. The van der Waals surface area contributed by atoms with E-state index in [4.69, 9.17) is 23.2 Å². The highest BCUT2D eigenvalue weighted by Crippen LogP contribution is 2.27. The fourth-order valence-corrected chi connectivity index (χ4v) is 5.59. The molecule has 0 spiro atoms. The highest BCUT2D eigenvalue weighted by Gasteiger charge is 2.33. The summed E-state index contributed by atoms with van der Waals surface area (Å²) < 4.78 is 42.0. The number of nitrogens with zero attached hydrogens (tertiary/aromatic N) is 2. The first-order chi connectivity index (χ1) is 18.8. The summed E-state index contributed by atoms with van der Waals surface area (Å²) in [5.41, 5.74) is 1.74. The molecule has 214 valence electrons. The molecular formula is C29H32Cl2FN3O4S. The zero-order valence-electron chi connectivity index (χ0n) is 22.7. The summed E-state index contributed by atoms with van der Waals surface area (Å²) in [5.74, 6) is -1.60. The Balaban J connectivity index is 2.03. The van der Waals surface area contributed by atoms with Crippen molar-refractivity contribution in [3.63, 3.8) is 0 Å². The maximum atomic E-state index is 13.9. The van der Waals surface area contributed by atoms with Crippen molar-refractivity contribution in [3.8, 4) is 0 Å². The highest BCUT2D eigenvalue weighted by molar-refractivity contribution is 7.92. The first-order valence-electron chi connectivity index (χ1n) is 12.7. The van der Waals surface area contributed by atoms with Crippen LogP contribution >= 0.6 is 23.2 Å². The minimum Gasteiger partial charge on any atom is -0.352 e. The monoisotopic (exact) mass is 607 g/mol. The van der Waals surface area contributed by atoms with Crippen LogP contribution in [-0.4, -0.2) is 43.8 Å². The smallest absolute Gasteiger partial charge is 0.264 e. The van der Waals surface area contributed by atoms with Crippen LogP contribution in [0.3, 0.4) is 0 Å². The Morgan fingerprint density at radius 2 is 1.57 bits per heavy atom. The third kappa shape index (κ3) is 7.74. The first-order valence-corrected chi connectivity index (χ1v) is 14.9. The number of amides is 2. The number of carbonyl (C=O) groups is 2.